The van der Waals surface area contributed by atoms with Gasteiger partial charge in [0.1, 0.15) is 12.0 Å². The number of carbonyl (C=O) groups is 2. The van der Waals surface area contributed by atoms with Crippen LogP contribution in [0, 0.1) is 5.82 Å². The number of nitrogens with one attached hydrogen (secondary N) is 1. The largest absolute Gasteiger partial charge is 0.479 e. The third-order valence-corrected chi connectivity index (χ3v) is 4.08. The van der Waals surface area contributed by atoms with E-state index in [1.54, 1.807) is 0 Å². The Labute approximate surface area is 134 Å². The summed E-state index contributed by atoms with van der Waals surface area (Å²) in [5.74, 6) is -1.80. The van der Waals surface area contributed by atoms with Crippen molar-refractivity contribution < 1.29 is 23.8 Å². The molecule has 6 nitrogen and oxygen atoms in total. The molecule has 2 atom stereocenters. The van der Waals surface area contributed by atoms with Crippen LogP contribution in [-0.4, -0.2) is 41.9 Å². The molecule has 0 bridgehead atoms. The van der Waals surface area contributed by atoms with E-state index in [0.29, 0.717) is 6.42 Å². The molecule has 1 aromatic carbocycles. The second kappa shape index (κ2) is 6.95. The van der Waals surface area contributed by atoms with Gasteiger partial charge in [-0.2, -0.15) is 0 Å². The minimum absolute atomic E-state index is 0.188. The van der Waals surface area contributed by atoms with E-state index in [1.807, 2.05) is 6.92 Å². The van der Waals surface area contributed by atoms with E-state index in [2.05, 4.69) is 5.32 Å². The molecule has 126 valence electrons. The van der Waals surface area contributed by atoms with Gasteiger partial charge in [0.25, 0.3) is 0 Å². The van der Waals surface area contributed by atoms with Crippen LogP contribution < -0.4 is 5.32 Å². The van der Waals surface area contributed by atoms with Crippen LogP contribution in [0.1, 0.15) is 31.7 Å². The summed E-state index contributed by atoms with van der Waals surface area (Å²) < 4.78 is 19.2. The summed E-state index contributed by atoms with van der Waals surface area (Å²) in [6.07, 6.45) is 1.54. The predicted octanol–water partition coefficient (Wildman–Crippen LogP) is 2.29. The third kappa shape index (κ3) is 3.01. The fourth-order valence-electron chi connectivity index (χ4n) is 2.88. The number of halogens is 1. The van der Waals surface area contributed by atoms with E-state index in [1.165, 1.54) is 30.1 Å². The molecule has 23 heavy (non-hydrogen) atoms. The molecule has 7 heteroatoms. The number of benzene rings is 1. The number of hydrogen-bond donors (Lipinski definition) is 2. The van der Waals surface area contributed by atoms with Crippen molar-refractivity contribution in [3.05, 3.63) is 35.6 Å². The Balaban J connectivity index is 2.51. The Morgan fingerprint density at radius 2 is 2.26 bits per heavy atom. The fourth-order valence-corrected chi connectivity index (χ4v) is 2.88. The molecular formula is C16H21FN2O4. The average Bonchev–Trinajstić information content (AvgIpc) is 2.92. The normalized spacial score (nSPS) is 23.8. The highest BCUT2D eigenvalue weighted by molar-refractivity contribution is 5.88. The van der Waals surface area contributed by atoms with Gasteiger partial charge < -0.3 is 15.2 Å². The van der Waals surface area contributed by atoms with Crippen LogP contribution in [0.2, 0.25) is 0 Å². The van der Waals surface area contributed by atoms with Crippen LogP contribution in [-0.2, 0) is 15.1 Å². The highest BCUT2D eigenvalue weighted by Gasteiger charge is 2.56. The predicted molar refractivity (Wildman–Crippen MR) is 81.3 cm³/mol. The quantitative estimate of drug-likeness (QED) is 0.871. The molecule has 1 fully saturated rings. The number of ether oxygens (including phenoxy) is 1. The molecule has 0 saturated carbocycles. The van der Waals surface area contributed by atoms with Gasteiger partial charge in [0, 0.05) is 7.05 Å². The van der Waals surface area contributed by atoms with E-state index < -0.39 is 29.6 Å². The number of rotatable bonds is 5. The number of carboxylic acid groups (broad SMARTS) is 1. The van der Waals surface area contributed by atoms with Crippen molar-refractivity contribution in [3.63, 3.8) is 0 Å². The van der Waals surface area contributed by atoms with E-state index in [4.69, 9.17) is 4.74 Å². The lowest BCUT2D eigenvalue weighted by Gasteiger charge is -2.35. The van der Waals surface area contributed by atoms with Crippen LogP contribution in [0.15, 0.2) is 24.3 Å². The zero-order valence-electron chi connectivity index (χ0n) is 13.2. The Bertz CT molecular complexity index is 595. The van der Waals surface area contributed by atoms with E-state index in [-0.39, 0.29) is 12.2 Å². The Hall–Kier alpha value is -2.15. The lowest BCUT2D eigenvalue weighted by molar-refractivity contribution is -0.148. The zero-order valence-corrected chi connectivity index (χ0v) is 13.2. The van der Waals surface area contributed by atoms with E-state index >= 15 is 0 Å². The minimum Gasteiger partial charge on any atom is -0.479 e. The number of hydrogen-bond acceptors (Lipinski definition) is 3. The average molecular weight is 324 g/mol. The fraction of sp³-hybridized carbons (Fsp3) is 0.500. The monoisotopic (exact) mass is 324 g/mol. The molecule has 1 aromatic rings. The second-order valence-corrected chi connectivity index (χ2v) is 5.51. The molecule has 0 radical (unpaired) electrons. The minimum atomic E-state index is -1.74. The number of unbranched alkanes of at least 4 members (excludes halogenated alkanes) is 1. The van der Waals surface area contributed by atoms with Crippen molar-refractivity contribution in [2.75, 3.05) is 13.7 Å². The van der Waals surface area contributed by atoms with Crippen molar-refractivity contribution in [2.24, 2.45) is 0 Å². The van der Waals surface area contributed by atoms with Crippen LogP contribution >= 0.6 is 0 Å². The topological polar surface area (TPSA) is 78.9 Å². The Morgan fingerprint density at radius 3 is 2.83 bits per heavy atom. The Morgan fingerprint density at radius 1 is 1.52 bits per heavy atom. The summed E-state index contributed by atoms with van der Waals surface area (Å²) in [6.45, 7) is 1.78. The van der Waals surface area contributed by atoms with Gasteiger partial charge in [-0.3, -0.25) is 4.90 Å². The number of carboxylic acids is 1. The molecule has 0 aliphatic carbocycles. The SMILES string of the molecule is CCCCC1OCC(C(=O)O)(c2cccc(F)c2)N1C(=O)NC. The van der Waals surface area contributed by atoms with Gasteiger partial charge in [0.15, 0.2) is 5.54 Å². The van der Waals surface area contributed by atoms with Gasteiger partial charge in [0.2, 0.25) is 0 Å². The van der Waals surface area contributed by atoms with E-state index in [0.717, 1.165) is 18.9 Å². The second-order valence-electron chi connectivity index (χ2n) is 5.51. The molecule has 0 spiro atoms. The first kappa shape index (κ1) is 17.2. The number of nitrogens with zero attached hydrogens (tertiary/aromatic N) is 1. The number of aliphatic carboxylic acids is 1. The molecule has 0 aromatic heterocycles. The first-order valence-electron chi connectivity index (χ1n) is 7.59. The first-order chi connectivity index (χ1) is 11.0. The maximum atomic E-state index is 13.6. The summed E-state index contributed by atoms with van der Waals surface area (Å²) in [5.41, 5.74) is -1.55. The maximum absolute atomic E-state index is 13.6. The molecule has 2 N–H and O–H groups in total. The van der Waals surface area contributed by atoms with Crippen LogP contribution in [0.4, 0.5) is 9.18 Å². The van der Waals surface area contributed by atoms with Gasteiger partial charge in [-0.25, -0.2) is 14.0 Å². The molecule has 1 aliphatic rings. The molecule has 2 rings (SSSR count). The van der Waals surface area contributed by atoms with Crippen LogP contribution in [0.25, 0.3) is 0 Å². The molecule has 1 heterocycles. The van der Waals surface area contributed by atoms with Gasteiger partial charge in [-0.1, -0.05) is 25.5 Å². The van der Waals surface area contributed by atoms with Gasteiger partial charge in [0.05, 0.1) is 6.61 Å². The van der Waals surface area contributed by atoms with Gasteiger partial charge in [-0.05, 0) is 30.5 Å². The molecule has 1 saturated heterocycles. The highest BCUT2D eigenvalue weighted by Crippen LogP contribution is 2.39. The number of amides is 2. The highest BCUT2D eigenvalue weighted by atomic mass is 19.1. The van der Waals surface area contributed by atoms with Crippen LogP contribution in [0.5, 0.6) is 0 Å². The third-order valence-electron chi connectivity index (χ3n) is 4.08. The van der Waals surface area contributed by atoms with Crippen LogP contribution in [0.3, 0.4) is 0 Å². The molecule has 1 aliphatic heterocycles. The maximum Gasteiger partial charge on any atom is 0.336 e. The molecular weight excluding hydrogens is 303 g/mol. The summed E-state index contributed by atoms with van der Waals surface area (Å²) in [5, 5.41) is 12.3. The van der Waals surface area contributed by atoms with Crippen molar-refractivity contribution in [1.29, 1.82) is 0 Å². The summed E-state index contributed by atoms with van der Waals surface area (Å²) in [4.78, 5) is 25.6. The standard InChI is InChI=1S/C16H21FN2O4/c1-3-4-8-13-19(15(22)18-2)16(10-23-13,14(20)21)11-6-5-7-12(17)9-11/h5-7,9,13H,3-4,8,10H2,1-2H3,(H,18,22)(H,20,21). The van der Waals surface area contributed by atoms with E-state index in [9.17, 15) is 19.1 Å². The summed E-state index contributed by atoms with van der Waals surface area (Å²) in [7, 11) is 1.43. The summed E-state index contributed by atoms with van der Waals surface area (Å²) >= 11 is 0. The lowest BCUT2D eigenvalue weighted by atomic mass is 9.89. The van der Waals surface area contributed by atoms with Crippen molar-refractivity contribution in [2.45, 2.75) is 38.0 Å². The number of urea groups is 1. The van der Waals surface area contributed by atoms with Gasteiger partial charge >= 0.3 is 12.0 Å². The van der Waals surface area contributed by atoms with Crippen molar-refractivity contribution in [1.82, 2.24) is 10.2 Å². The lowest BCUT2D eigenvalue weighted by Crippen LogP contribution is -2.57. The van der Waals surface area contributed by atoms with Gasteiger partial charge in [-0.15, -0.1) is 0 Å². The number of carbonyl (C=O) groups excluding carboxylic acids is 1. The molecule has 2 unspecified atom stereocenters. The zero-order chi connectivity index (χ0) is 17.0. The first-order valence-corrected chi connectivity index (χ1v) is 7.59. The molecule has 2 amide bonds. The summed E-state index contributed by atoms with van der Waals surface area (Å²) in [6, 6.07) is 4.73. The van der Waals surface area contributed by atoms with Crippen molar-refractivity contribution in [3.8, 4) is 0 Å². The smallest absolute Gasteiger partial charge is 0.336 e. The van der Waals surface area contributed by atoms with Crippen molar-refractivity contribution >= 4 is 12.0 Å². The Kier molecular flexibility index (Phi) is 5.20.